The third-order valence-electron chi connectivity index (χ3n) is 3.82. The molecule has 0 amide bonds. The number of H-pyrrole nitrogens is 1. The van der Waals surface area contributed by atoms with Gasteiger partial charge in [0.05, 0.1) is 0 Å². The molecule has 0 aromatic carbocycles. The molecule has 1 aliphatic rings. The van der Waals surface area contributed by atoms with Crippen molar-refractivity contribution in [2.24, 2.45) is 5.41 Å². The fraction of sp³-hybridized carbons (Fsp3) is 0.625. The van der Waals surface area contributed by atoms with Crippen LogP contribution in [0.1, 0.15) is 62.1 Å². The zero-order valence-corrected chi connectivity index (χ0v) is 13.0. The summed E-state index contributed by atoms with van der Waals surface area (Å²) in [6.07, 6.45) is 3.20. The van der Waals surface area contributed by atoms with Crippen molar-refractivity contribution in [1.29, 1.82) is 0 Å². The number of aromatic carboxylic acids is 1. The third-order valence-corrected chi connectivity index (χ3v) is 3.82. The molecule has 0 radical (unpaired) electrons. The van der Waals surface area contributed by atoms with E-state index in [2.05, 4.69) is 30.7 Å². The zero-order chi connectivity index (χ0) is 15.6. The zero-order valence-electron chi connectivity index (χ0n) is 13.0. The fourth-order valence-electron chi connectivity index (χ4n) is 3.01. The summed E-state index contributed by atoms with van der Waals surface area (Å²) in [4.78, 5) is 28.0. The van der Waals surface area contributed by atoms with Gasteiger partial charge in [-0.2, -0.15) is 0 Å². The maximum atomic E-state index is 12.2. The highest BCUT2D eigenvalue weighted by Crippen LogP contribution is 2.31. The van der Waals surface area contributed by atoms with E-state index in [9.17, 15) is 9.59 Å². The number of rotatable bonds is 3. The van der Waals surface area contributed by atoms with E-state index in [1.165, 1.54) is 6.07 Å². The van der Waals surface area contributed by atoms with Crippen molar-refractivity contribution >= 4 is 5.97 Å². The van der Waals surface area contributed by atoms with E-state index in [0.717, 1.165) is 32.4 Å². The highest BCUT2D eigenvalue weighted by molar-refractivity contribution is 5.85. The Labute approximate surface area is 125 Å². The Morgan fingerprint density at radius 2 is 2.10 bits per heavy atom. The summed E-state index contributed by atoms with van der Waals surface area (Å²) in [5, 5.41) is 8.93. The molecular weight excluding hydrogens is 268 g/mol. The molecule has 1 aromatic rings. The van der Waals surface area contributed by atoms with Gasteiger partial charge in [-0.15, -0.1) is 0 Å². The van der Waals surface area contributed by atoms with Crippen molar-refractivity contribution in [2.75, 3.05) is 13.1 Å². The van der Waals surface area contributed by atoms with Crippen LogP contribution < -0.4 is 5.56 Å². The summed E-state index contributed by atoms with van der Waals surface area (Å²) in [5.74, 6) is -1.10. The van der Waals surface area contributed by atoms with Gasteiger partial charge in [-0.3, -0.25) is 9.69 Å². The quantitative estimate of drug-likeness (QED) is 0.898. The van der Waals surface area contributed by atoms with Crippen LogP contribution in [0.2, 0.25) is 0 Å². The second kappa shape index (κ2) is 6.02. The van der Waals surface area contributed by atoms with Gasteiger partial charge in [0, 0.05) is 18.2 Å². The van der Waals surface area contributed by atoms with Crippen molar-refractivity contribution in [3.63, 3.8) is 0 Å². The summed E-state index contributed by atoms with van der Waals surface area (Å²) in [6, 6.07) is 3.25. The molecular formula is C16H24N2O3. The van der Waals surface area contributed by atoms with Crippen molar-refractivity contribution in [3.8, 4) is 0 Å². The number of pyridine rings is 1. The number of nitrogens with zero attached hydrogens (tertiary/aromatic N) is 1. The SMILES string of the molecule is CC(C)(C)CN1CCCCC1c1ccc(C(=O)O)[nH]c1=O. The molecule has 1 aliphatic heterocycles. The number of aromatic amines is 1. The first-order valence-corrected chi connectivity index (χ1v) is 7.48. The van der Waals surface area contributed by atoms with Crippen LogP contribution in [0.4, 0.5) is 0 Å². The first kappa shape index (κ1) is 15.8. The van der Waals surface area contributed by atoms with Crippen LogP contribution in [0.15, 0.2) is 16.9 Å². The lowest BCUT2D eigenvalue weighted by molar-refractivity contribution is 0.0689. The summed E-state index contributed by atoms with van der Waals surface area (Å²) >= 11 is 0. The molecule has 1 unspecified atom stereocenters. The van der Waals surface area contributed by atoms with E-state index in [0.29, 0.717) is 5.56 Å². The Bertz CT molecular complexity index is 572. The lowest BCUT2D eigenvalue weighted by atomic mass is 9.90. The van der Waals surface area contributed by atoms with Crippen molar-refractivity contribution < 1.29 is 9.90 Å². The average Bonchev–Trinajstić information content (AvgIpc) is 2.37. The third kappa shape index (κ3) is 3.94. The largest absolute Gasteiger partial charge is 0.477 e. The average molecular weight is 292 g/mol. The summed E-state index contributed by atoms with van der Waals surface area (Å²) in [7, 11) is 0. The second-order valence-corrected chi connectivity index (χ2v) is 7.00. The number of carbonyl (C=O) groups is 1. The van der Waals surface area contributed by atoms with Crippen LogP contribution in [0, 0.1) is 5.41 Å². The molecule has 0 bridgehead atoms. The van der Waals surface area contributed by atoms with Crippen molar-refractivity contribution in [3.05, 3.63) is 33.7 Å². The van der Waals surface area contributed by atoms with E-state index < -0.39 is 5.97 Å². The monoisotopic (exact) mass is 292 g/mol. The Kier molecular flexibility index (Phi) is 4.52. The predicted molar refractivity (Wildman–Crippen MR) is 81.6 cm³/mol. The fourth-order valence-corrected chi connectivity index (χ4v) is 3.01. The minimum atomic E-state index is -1.10. The molecule has 21 heavy (non-hydrogen) atoms. The molecule has 2 heterocycles. The minimum Gasteiger partial charge on any atom is -0.477 e. The first-order chi connectivity index (χ1) is 9.78. The van der Waals surface area contributed by atoms with Gasteiger partial charge in [-0.25, -0.2) is 4.79 Å². The Balaban J connectivity index is 2.29. The summed E-state index contributed by atoms with van der Waals surface area (Å²) in [5.41, 5.74) is 0.523. The number of nitrogens with one attached hydrogen (secondary N) is 1. The van der Waals surface area contributed by atoms with Crippen LogP contribution >= 0.6 is 0 Å². The predicted octanol–water partition coefficient (Wildman–Crippen LogP) is 2.65. The van der Waals surface area contributed by atoms with Gasteiger partial charge in [0.25, 0.3) is 5.56 Å². The molecule has 116 valence electrons. The molecule has 1 atom stereocenters. The summed E-state index contributed by atoms with van der Waals surface area (Å²) < 4.78 is 0. The highest BCUT2D eigenvalue weighted by Gasteiger charge is 2.29. The lowest BCUT2D eigenvalue weighted by Crippen LogP contribution is -2.41. The Morgan fingerprint density at radius 1 is 1.38 bits per heavy atom. The van der Waals surface area contributed by atoms with Crippen LogP contribution in [-0.4, -0.2) is 34.0 Å². The van der Waals surface area contributed by atoms with Gasteiger partial charge in [-0.1, -0.05) is 27.2 Å². The standard InChI is InChI=1S/C16H24N2O3/c1-16(2,3)10-18-9-5-4-6-13(18)11-7-8-12(15(20)21)17-14(11)19/h7-8,13H,4-6,9-10H2,1-3H3,(H,17,19)(H,20,21). The van der Waals surface area contributed by atoms with Crippen LogP contribution in [0.5, 0.6) is 0 Å². The van der Waals surface area contributed by atoms with Crippen LogP contribution in [0.3, 0.4) is 0 Å². The van der Waals surface area contributed by atoms with E-state index >= 15 is 0 Å². The number of hydrogen-bond donors (Lipinski definition) is 2. The maximum absolute atomic E-state index is 12.2. The molecule has 0 spiro atoms. The minimum absolute atomic E-state index is 0.0538. The highest BCUT2D eigenvalue weighted by atomic mass is 16.4. The molecule has 1 saturated heterocycles. The number of carboxylic acids is 1. The first-order valence-electron chi connectivity index (χ1n) is 7.48. The molecule has 5 heteroatoms. The topological polar surface area (TPSA) is 73.4 Å². The maximum Gasteiger partial charge on any atom is 0.352 e. The van der Waals surface area contributed by atoms with E-state index in [1.54, 1.807) is 6.07 Å². The van der Waals surface area contributed by atoms with E-state index in [-0.39, 0.29) is 22.7 Å². The second-order valence-electron chi connectivity index (χ2n) is 7.00. The van der Waals surface area contributed by atoms with Crippen LogP contribution in [-0.2, 0) is 0 Å². The Morgan fingerprint density at radius 3 is 2.67 bits per heavy atom. The molecule has 0 saturated carbocycles. The molecule has 2 rings (SSSR count). The Hall–Kier alpha value is -1.62. The van der Waals surface area contributed by atoms with Gasteiger partial charge >= 0.3 is 5.97 Å². The number of aromatic nitrogens is 1. The molecule has 0 aliphatic carbocycles. The lowest BCUT2D eigenvalue weighted by Gasteiger charge is -2.39. The molecule has 1 aromatic heterocycles. The number of hydrogen-bond acceptors (Lipinski definition) is 3. The molecule has 2 N–H and O–H groups in total. The molecule has 5 nitrogen and oxygen atoms in total. The van der Waals surface area contributed by atoms with Gasteiger partial charge in [0.15, 0.2) is 0 Å². The number of carboxylic acid groups (broad SMARTS) is 1. The molecule has 1 fully saturated rings. The number of likely N-dealkylation sites (tertiary alicyclic amines) is 1. The van der Waals surface area contributed by atoms with E-state index in [4.69, 9.17) is 5.11 Å². The van der Waals surface area contributed by atoms with Crippen molar-refractivity contribution in [2.45, 2.75) is 46.1 Å². The van der Waals surface area contributed by atoms with Gasteiger partial charge in [0.2, 0.25) is 0 Å². The van der Waals surface area contributed by atoms with Crippen LogP contribution in [0.25, 0.3) is 0 Å². The number of piperidine rings is 1. The van der Waals surface area contributed by atoms with E-state index in [1.807, 2.05) is 0 Å². The van der Waals surface area contributed by atoms with Gasteiger partial charge in [0.1, 0.15) is 5.69 Å². The normalized spacial score (nSPS) is 20.4. The van der Waals surface area contributed by atoms with Gasteiger partial charge in [-0.05, 0) is 36.9 Å². The smallest absolute Gasteiger partial charge is 0.352 e. The summed E-state index contributed by atoms with van der Waals surface area (Å²) in [6.45, 7) is 8.49. The van der Waals surface area contributed by atoms with Gasteiger partial charge < -0.3 is 10.1 Å². The van der Waals surface area contributed by atoms with Crippen molar-refractivity contribution in [1.82, 2.24) is 9.88 Å².